The normalized spacial score (nSPS) is 13.9. The Morgan fingerprint density at radius 3 is 1.82 bits per heavy atom. The van der Waals surface area contributed by atoms with E-state index in [9.17, 15) is 24.3 Å². The van der Waals surface area contributed by atoms with E-state index in [0.717, 1.165) is 29.7 Å². The number of carbonyl (C=O) groups is 4. The van der Waals surface area contributed by atoms with E-state index in [1.807, 2.05) is 30.3 Å². The van der Waals surface area contributed by atoms with Crippen LogP contribution in [0.4, 0.5) is 4.79 Å². The fraction of sp³-hybridized carbons (Fsp3) is 0.436. The second-order valence-electron chi connectivity index (χ2n) is 13.7. The number of aliphatic hydroxyl groups is 1. The van der Waals surface area contributed by atoms with E-state index in [4.69, 9.17) is 10.5 Å². The monoisotopic (exact) mass is 672 g/mol. The molecule has 0 aromatic heterocycles. The van der Waals surface area contributed by atoms with Crippen LogP contribution in [0.25, 0.3) is 0 Å². The third kappa shape index (κ3) is 12.0. The van der Waals surface area contributed by atoms with Gasteiger partial charge in [-0.1, -0.05) is 111 Å². The number of alkyl carbamates (subject to hydrolysis) is 1. The number of amides is 4. The number of benzene rings is 3. The van der Waals surface area contributed by atoms with Gasteiger partial charge in [-0.05, 0) is 62.6 Å². The number of nitrogens with zero attached hydrogens (tertiary/aromatic N) is 1. The van der Waals surface area contributed by atoms with Crippen molar-refractivity contribution in [3.63, 3.8) is 0 Å². The van der Waals surface area contributed by atoms with E-state index in [0.29, 0.717) is 12.0 Å². The van der Waals surface area contributed by atoms with Crippen molar-refractivity contribution in [1.82, 2.24) is 15.5 Å². The van der Waals surface area contributed by atoms with Crippen LogP contribution in [0.1, 0.15) is 77.0 Å². The van der Waals surface area contributed by atoms with Gasteiger partial charge < -0.3 is 31.1 Å². The molecule has 3 aromatic carbocycles. The molecule has 5 N–H and O–H groups in total. The van der Waals surface area contributed by atoms with Gasteiger partial charge in [-0.15, -0.1) is 0 Å². The Morgan fingerprint density at radius 2 is 1.31 bits per heavy atom. The third-order valence-corrected chi connectivity index (χ3v) is 8.13. The van der Waals surface area contributed by atoms with Gasteiger partial charge in [-0.25, -0.2) is 4.79 Å². The molecular formula is C39H52N4O6. The second-order valence-corrected chi connectivity index (χ2v) is 13.7. The Bertz CT molecular complexity index is 1490. The lowest BCUT2D eigenvalue weighted by molar-refractivity contribution is -0.186. The van der Waals surface area contributed by atoms with Gasteiger partial charge in [0.05, 0.1) is 6.04 Å². The van der Waals surface area contributed by atoms with Gasteiger partial charge in [-0.3, -0.25) is 14.4 Å². The zero-order chi connectivity index (χ0) is 36.0. The molecule has 3 atom stereocenters. The maximum Gasteiger partial charge on any atom is 0.408 e. The molecule has 3 rings (SSSR count). The lowest BCUT2D eigenvalue weighted by Crippen LogP contribution is -2.73. The SMILES string of the molecule is CC(C)C(NC(=O)OC(C)(C)C)[C@@](O)(C(=O)N[C@@H](Cc1ccccc1)C(N)=O)N(Cc1ccccc1)C(=O)CCCCCc1ccccc1. The number of rotatable bonds is 17. The molecule has 0 aliphatic heterocycles. The summed E-state index contributed by atoms with van der Waals surface area (Å²) in [6.45, 7) is 8.36. The first-order chi connectivity index (χ1) is 23.2. The Labute approximate surface area is 290 Å². The predicted octanol–water partition coefficient (Wildman–Crippen LogP) is 5.27. The highest BCUT2D eigenvalue weighted by atomic mass is 16.6. The summed E-state index contributed by atoms with van der Waals surface area (Å²) in [6, 6.07) is 25.5. The first-order valence-corrected chi connectivity index (χ1v) is 16.9. The maximum absolute atomic E-state index is 14.5. The van der Waals surface area contributed by atoms with Crippen LogP contribution in [-0.2, 0) is 38.5 Å². The fourth-order valence-electron chi connectivity index (χ4n) is 5.66. The molecule has 0 spiro atoms. The van der Waals surface area contributed by atoms with Crippen LogP contribution in [0.15, 0.2) is 91.0 Å². The van der Waals surface area contributed by atoms with Crippen LogP contribution in [0.5, 0.6) is 0 Å². The molecule has 1 unspecified atom stereocenters. The second kappa shape index (κ2) is 18.2. The number of carbonyl (C=O) groups excluding carboxylic acids is 4. The predicted molar refractivity (Wildman–Crippen MR) is 190 cm³/mol. The van der Waals surface area contributed by atoms with E-state index in [1.54, 1.807) is 83.1 Å². The van der Waals surface area contributed by atoms with E-state index in [-0.39, 0.29) is 19.4 Å². The summed E-state index contributed by atoms with van der Waals surface area (Å²) in [6.07, 6.45) is 2.19. The first-order valence-electron chi connectivity index (χ1n) is 16.9. The average Bonchev–Trinajstić information content (AvgIpc) is 3.05. The van der Waals surface area contributed by atoms with Crippen molar-refractivity contribution in [3.8, 4) is 0 Å². The summed E-state index contributed by atoms with van der Waals surface area (Å²) in [5, 5.41) is 18.1. The minimum Gasteiger partial charge on any atom is -0.444 e. The fourth-order valence-corrected chi connectivity index (χ4v) is 5.66. The minimum atomic E-state index is -2.66. The average molecular weight is 673 g/mol. The van der Waals surface area contributed by atoms with Gasteiger partial charge in [0, 0.05) is 19.4 Å². The van der Waals surface area contributed by atoms with Crippen LogP contribution in [-0.4, -0.2) is 57.2 Å². The van der Waals surface area contributed by atoms with Crippen molar-refractivity contribution in [2.45, 2.75) is 103 Å². The largest absolute Gasteiger partial charge is 0.444 e. The summed E-state index contributed by atoms with van der Waals surface area (Å²) < 4.78 is 5.51. The molecule has 3 aromatic rings. The number of hydrogen-bond donors (Lipinski definition) is 4. The first kappa shape index (κ1) is 38.7. The maximum atomic E-state index is 14.5. The van der Waals surface area contributed by atoms with Gasteiger partial charge in [0.25, 0.3) is 5.91 Å². The van der Waals surface area contributed by atoms with Crippen molar-refractivity contribution >= 4 is 23.8 Å². The molecule has 0 bridgehead atoms. The van der Waals surface area contributed by atoms with Gasteiger partial charge in [0.1, 0.15) is 11.6 Å². The highest BCUT2D eigenvalue weighted by Gasteiger charge is 2.54. The van der Waals surface area contributed by atoms with E-state index in [2.05, 4.69) is 22.8 Å². The number of hydrogen-bond acceptors (Lipinski definition) is 6. The number of unbranched alkanes of at least 4 members (excludes halogenated alkanes) is 2. The molecule has 10 heteroatoms. The highest BCUT2D eigenvalue weighted by molar-refractivity contribution is 5.94. The Balaban J connectivity index is 2.01. The topological polar surface area (TPSA) is 151 Å². The zero-order valence-electron chi connectivity index (χ0n) is 29.4. The molecule has 0 saturated heterocycles. The smallest absolute Gasteiger partial charge is 0.408 e. The summed E-state index contributed by atoms with van der Waals surface area (Å²) >= 11 is 0. The number of aryl methyl sites for hydroxylation is 1. The van der Waals surface area contributed by atoms with Gasteiger partial charge >= 0.3 is 6.09 Å². The summed E-state index contributed by atoms with van der Waals surface area (Å²) in [4.78, 5) is 55.7. The van der Waals surface area contributed by atoms with E-state index >= 15 is 0 Å². The molecule has 264 valence electrons. The summed E-state index contributed by atoms with van der Waals surface area (Å²) in [5.74, 6) is -2.94. The molecule has 10 nitrogen and oxygen atoms in total. The number of primary amides is 1. The van der Waals surface area contributed by atoms with Crippen molar-refractivity contribution < 1.29 is 29.0 Å². The summed E-state index contributed by atoms with van der Waals surface area (Å²) in [5.41, 5.74) is 4.81. The number of nitrogens with two attached hydrogens (primary N) is 1. The van der Waals surface area contributed by atoms with E-state index < -0.39 is 53.1 Å². The summed E-state index contributed by atoms with van der Waals surface area (Å²) in [7, 11) is 0. The molecule has 0 radical (unpaired) electrons. The lowest BCUT2D eigenvalue weighted by Gasteiger charge is -2.45. The van der Waals surface area contributed by atoms with Crippen LogP contribution < -0.4 is 16.4 Å². The molecule has 0 aliphatic carbocycles. The van der Waals surface area contributed by atoms with Crippen LogP contribution in [0.3, 0.4) is 0 Å². The Hall–Kier alpha value is -4.70. The Morgan fingerprint density at radius 1 is 0.776 bits per heavy atom. The van der Waals surface area contributed by atoms with Crippen molar-refractivity contribution in [1.29, 1.82) is 0 Å². The van der Waals surface area contributed by atoms with Crippen LogP contribution >= 0.6 is 0 Å². The molecular weight excluding hydrogens is 620 g/mol. The zero-order valence-corrected chi connectivity index (χ0v) is 29.4. The lowest BCUT2D eigenvalue weighted by atomic mass is 9.89. The third-order valence-electron chi connectivity index (χ3n) is 8.13. The quantitative estimate of drug-likeness (QED) is 0.113. The number of ether oxygens (including phenoxy) is 1. The standard InChI is InChI=1S/C39H52N4O6/c1-28(2)34(42-37(47)49-38(3,4)5)39(48,36(46)41-32(35(40)45)26-30-21-13-7-14-22-30)43(27-31-23-15-8-16-24-31)33(44)25-17-9-12-20-29-18-10-6-11-19-29/h6-8,10-11,13-16,18-19,21-24,28,32,34,48H,9,12,17,20,25-27H2,1-5H3,(H2,40,45)(H,41,46)(H,42,47)/t32-,34?,39+/m0/s1. The molecule has 0 heterocycles. The van der Waals surface area contributed by atoms with E-state index in [1.165, 1.54) is 5.56 Å². The van der Waals surface area contributed by atoms with Gasteiger partial charge in [0.2, 0.25) is 17.5 Å². The molecule has 4 amide bonds. The van der Waals surface area contributed by atoms with Crippen LogP contribution in [0, 0.1) is 5.92 Å². The minimum absolute atomic E-state index is 0.0394. The Kier molecular flexibility index (Phi) is 14.4. The van der Waals surface area contributed by atoms with Crippen molar-refractivity contribution in [2.75, 3.05) is 0 Å². The molecule has 0 fully saturated rings. The highest BCUT2D eigenvalue weighted by Crippen LogP contribution is 2.28. The molecule has 0 aliphatic rings. The van der Waals surface area contributed by atoms with Gasteiger partial charge in [0.15, 0.2) is 0 Å². The molecule has 49 heavy (non-hydrogen) atoms. The number of nitrogens with one attached hydrogen (secondary N) is 2. The van der Waals surface area contributed by atoms with Crippen molar-refractivity contribution in [3.05, 3.63) is 108 Å². The van der Waals surface area contributed by atoms with Crippen LogP contribution in [0.2, 0.25) is 0 Å². The van der Waals surface area contributed by atoms with Gasteiger partial charge in [-0.2, -0.15) is 0 Å². The van der Waals surface area contributed by atoms with Crippen molar-refractivity contribution in [2.24, 2.45) is 11.7 Å². The molecule has 0 saturated carbocycles.